The first kappa shape index (κ1) is 16.2. The van der Waals surface area contributed by atoms with Crippen LogP contribution in [0.5, 0.6) is 5.75 Å². The molecule has 0 bridgehead atoms. The number of ether oxygens (including phenoxy) is 1. The van der Waals surface area contributed by atoms with Gasteiger partial charge in [0.25, 0.3) is 0 Å². The molecule has 2 aromatic heterocycles. The van der Waals surface area contributed by atoms with Gasteiger partial charge in [-0.25, -0.2) is 14.5 Å². The monoisotopic (exact) mass is 334 g/mol. The molecule has 0 aliphatic carbocycles. The van der Waals surface area contributed by atoms with Crippen LogP contribution < -0.4 is 4.74 Å². The molecule has 0 radical (unpaired) electrons. The van der Waals surface area contributed by atoms with E-state index in [0.717, 1.165) is 5.56 Å². The Bertz CT molecular complexity index is 972. The van der Waals surface area contributed by atoms with E-state index < -0.39 is 5.97 Å². The lowest BCUT2D eigenvalue weighted by molar-refractivity contribution is 0.0697. The number of aromatic nitrogens is 3. The molecule has 0 saturated carbocycles. The Labute approximate surface area is 143 Å². The van der Waals surface area contributed by atoms with Crippen LogP contribution in [0.1, 0.15) is 23.0 Å². The topological polar surface area (TPSA) is 101 Å². The zero-order valence-electron chi connectivity index (χ0n) is 13.4. The second-order valence-corrected chi connectivity index (χ2v) is 5.12. The van der Waals surface area contributed by atoms with E-state index in [1.54, 1.807) is 12.1 Å². The van der Waals surface area contributed by atoms with Crippen molar-refractivity contribution in [3.8, 4) is 28.8 Å². The Morgan fingerprint density at radius 1 is 1.36 bits per heavy atom. The Morgan fingerprint density at radius 3 is 2.88 bits per heavy atom. The molecule has 0 amide bonds. The lowest BCUT2D eigenvalue weighted by Gasteiger charge is -2.09. The molecule has 0 aliphatic rings. The fourth-order valence-electron chi connectivity index (χ4n) is 2.37. The number of hydrogen-bond acceptors (Lipinski definition) is 5. The first-order chi connectivity index (χ1) is 12.1. The molecule has 1 N–H and O–H groups in total. The summed E-state index contributed by atoms with van der Waals surface area (Å²) < 4.78 is 6.81. The van der Waals surface area contributed by atoms with E-state index in [0.29, 0.717) is 23.7 Å². The van der Waals surface area contributed by atoms with Crippen molar-refractivity contribution in [3.05, 3.63) is 60.0 Å². The third kappa shape index (κ3) is 3.33. The molecule has 0 spiro atoms. The average Bonchev–Trinajstić information content (AvgIpc) is 3.12. The van der Waals surface area contributed by atoms with E-state index >= 15 is 0 Å². The molecule has 3 rings (SSSR count). The molecular weight excluding hydrogens is 320 g/mol. The van der Waals surface area contributed by atoms with Crippen molar-refractivity contribution in [2.24, 2.45) is 0 Å². The maximum atomic E-state index is 11.0. The Hall–Kier alpha value is -3.66. The number of carbonyl (C=O) groups is 1. The number of nitriles is 1. The van der Waals surface area contributed by atoms with Crippen LogP contribution in [-0.2, 0) is 0 Å². The van der Waals surface area contributed by atoms with Crippen molar-refractivity contribution in [3.63, 3.8) is 0 Å². The third-order valence-corrected chi connectivity index (χ3v) is 3.51. The number of benzene rings is 1. The number of nitrogens with zero attached hydrogens (tertiary/aromatic N) is 4. The molecular formula is C18H14N4O3. The van der Waals surface area contributed by atoms with E-state index in [-0.39, 0.29) is 11.3 Å². The summed E-state index contributed by atoms with van der Waals surface area (Å²) in [5.41, 5.74) is 1.75. The SMILES string of the molecule is CCOc1cccc(-c2ccc(-n3cc(C(=O)O)cn3)nc2C#N)c1. The summed E-state index contributed by atoms with van der Waals surface area (Å²) in [5, 5.41) is 22.4. The molecule has 2 heterocycles. The van der Waals surface area contributed by atoms with Crippen LogP contribution >= 0.6 is 0 Å². The standard InChI is InChI=1S/C18H14N4O3/c1-2-25-14-5-3-4-12(8-14)15-6-7-17(21-16(15)9-19)22-11-13(10-20-22)18(23)24/h3-8,10-11H,2H2,1H3,(H,23,24). The molecule has 7 heteroatoms. The molecule has 0 aliphatic heterocycles. The third-order valence-electron chi connectivity index (χ3n) is 3.51. The predicted octanol–water partition coefficient (Wildman–Crippen LogP) is 2.90. The van der Waals surface area contributed by atoms with Crippen LogP contribution in [-0.4, -0.2) is 32.4 Å². The largest absolute Gasteiger partial charge is 0.494 e. The van der Waals surface area contributed by atoms with Crippen molar-refractivity contribution in [2.75, 3.05) is 6.61 Å². The molecule has 1 aromatic carbocycles. The predicted molar refractivity (Wildman–Crippen MR) is 89.6 cm³/mol. The summed E-state index contributed by atoms with van der Waals surface area (Å²) in [6.07, 6.45) is 2.58. The first-order valence-corrected chi connectivity index (χ1v) is 7.55. The van der Waals surface area contributed by atoms with E-state index in [1.165, 1.54) is 17.1 Å². The highest BCUT2D eigenvalue weighted by Crippen LogP contribution is 2.27. The normalized spacial score (nSPS) is 10.2. The van der Waals surface area contributed by atoms with Gasteiger partial charge in [0.2, 0.25) is 0 Å². The maximum absolute atomic E-state index is 11.0. The van der Waals surface area contributed by atoms with Gasteiger partial charge in [0.05, 0.1) is 18.4 Å². The minimum absolute atomic E-state index is 0.0498. The van der Waals surface area contributed by atoms with Gasteiger partial charge in [0.15, 0.2) is 11.5 Å². The van der Waals surface area contributed by atoms with Gasteiger partial charge >= 0.3 is 5.97 Å². The van der Waals surface area contributed by atoms with Crippen LogP contribution in [0, 0.1) is 11.3 Å². The highest BCUT2D eigenvalue weighted by atomic mass is 16.5. The van der Waals surface area contributed by atoms with Gasteiger partial charge in [-0.15, -0.1) is 0 Å². The molecule has 0 fully saturated rings. The summed E-state index contributed by atoms with van der Waals surface area (Å²) in [7, 11) is 0. The summed E-state index contributed by atoms with van der Waals surface area (Å²) in [5.74, 6) is 0.0102. The van der Waals surface area contributed by atoms with Crippen molar-refractivity contribution >= 4 is 5.97 Å². The fraction of sp³-hybridized carbons (Fsp3) is 0.111. The van der Waals surface area contributed by atoms with Crippen LogP contribution in [0.25, 0.3) is 16.9 Å². The number of carboxylic acid groups (broad SMARTS) is 1. The van der Waals surface area contributed by atoms with E-state index in [4.69, 9.17) is 9.84 Å². The molecule has 0 saturated heterocycles. The minimum Gasteiger partial charge on any atom is -0.494 e. The molecule has 124 valence electrons. The fourth-order valence-corrected chi connectivity index (χ4v) is 2.37. The average molecular weight is 334 g/mol. The van der Waals surface area contributed by atoms with Gasteiger partial charge < -0.3 is 9.84 Å². The summed E-state index contributed by atoms with van der Waals surface area (Å²) in [4.78, 5) is 15.2. The molecule has 7 nitrogen and oxygen atoms in total. The molecule has 3 aromatic rings. The molecule has 0 atom stereocenters. The highest BCUT2D eigenvalue weighted by molar-refractivity contribution is 5.87. The second kappa shape index (κ2) is 6.84. The van der Waals surface area contributed by atoms with Gasteiger partial charge in [-0.3, -0.25) is 0 Å². The van der Waals surface area contributed by atoms with Crippen LogP contribution in [0.15, 0.2) is 48.8 Å². The quantitative estimate of drug-likeness (QED) is 0.770. The van der Waals surface area contributed by atoms with Crippen molar-refractivity contribution in [1.82, 2.24) is 14.8 Å². The first-order valence-electron chi connectivity index (χ1n) is 7.55. The van der Waals surface area contributed by atoms with Crippen LogP contribution in [0.3, 0.4) is 0 Å². The Balaban J connectivity index is 2.01. The number of aromatic carboxylic acids is 1. The smallest absolute Gasteiger partial charge is 0.338 e. The molecule has 25 heavy (non-hydrogen) atoms. The lowest BCUT2D eigenvalue weighted by atomic mass is 10.0. The van der Waals surface area contributed by atoms with Gasteiger partial charge in [-0.2, -0.15) is 10.4 Å². The summed E-state index contributed by atoms with van der Waals surface area (Å²) in [6.45, 7) is 2.45. The number of rotatable bonds is 5. The van der Waals surface area contributed by atoms with Gasteiger partial charge in [0, 0.05) is 11.8 Å². The maximum Gasteiger partial charge on any atom is 0.338 e. The van der Waals surface area contributed by atoms with Crippen molar-refractivity contribution < 1.29 is 14.6 Å². The zero-order valence-corrected chi connectivity index (χ0v) is 13.4. The Kier molecular flexibility index (Phi) is 4.44. The van der Waals surface area contributed by atoms with E-state index in [2.05, 4.69) is 16.2 Å². The summed E-state index contributed by atoms with van der Waals surface area (Å²) >= 11 is 0. The van der Waals surface area contributed by atoms with Crippen molar-refractivity contribution in [2.45, 2.75) is 6.92 Å². The van der Waals surface area contributed by atoms with Gasteiger partial charge in [-0.1, -0.05) is 12.1 Å². The van der Waals surface area contributed by atoms with Crippen LogP contribution in [0.2, 0.25) is 0 Å². The lowest BCUT2D eigenvalue weighted by Crippen LogP contribution is -2.01. The number of hydrogen-bond donors (Lipinski definition) is 1. The van der Waals surface area contributed by atoms with Gasteiger partial charge in [0.1, 0.15) is 11.8 Å². The highest BCUT2D eigenvalue weighted by Gasteiger charge is 2.12. The van der Waals surface area contributed by atoms with Crippen LogP contribution in [0.4, 0.5) is 0 Å². The zero-order chi connectivity index (χ0) is 17.8. The molecule has 0 unspecified atom stereocenters. The summed E-state index contributed by atoms with van der Waals surface area (Å²) in [6, 6.07) is 12.9. The second-order valence-electron chi connectivity index (χ2n) is 5.12. The minimum atomic E-state index is -1.07. The van der Waals surface area contributed by atoms with Gasteiger partial charge in [-0.05, 0) is 36.8 Å². The van der Waals surface area contributed by atoms with E-state index in [1.807, 2.05) is 31.2 Å². The number of pyridine rings is 1. The Morgan fingerprint density at radius 2 is 2.20 bits per heavy atom. The van der Waals surface area contributed by atoms with Crippen molar-refractivity contribution in [1.29, 1.82) is 5.26 Å². The van der Waals surface area contributed by atoms with E-state index in [9.17, 15) is 10.1 Å². The number of carboxylic acids is 1.